The van der Waals surface area contributed by atoms with Crippen LogP contribution in [0, 0.1) is 5.82 Å². The van der Waals surface area contributed by atoms with Crippen LogP contribution in [0.2, 0.25) is 0 Å². The lowest BCUT2D eigenvalue weighted by Gasteiger charge is -2.13. The number of hydrogen-bond donors (Lipinski definition) is 2. The van der Waals surface area contributed by atoms with E-state index in [0.717, 1.165) is 18.8 Å². The van der Waals surface area contributed by atoms with Crippen molar-refractivity contribution in [2.45, 2.75) is 16.7 Å². The van der Waals surface area contributed by atoms with Crippen LogP contribution >= 0.6 is 11.8 Å². The molecule has 0 amide bonds. The van der Waals surface area contributed by atoms with Crippen LogP contribution in [0.1, 0.15) is 16.4 Å². The van der Waals surface area contributed by atoms with Gasteiger partial charge in [-0.15, -0.1) is 11.8 Å². The fourth-order valence-corrected chi connectivity index (χ4v) is 3.74. The number of fused-ring (bicyclic) bond motifs is 1. The zero-order valence-electron chi connectivity index (χ0n) is 11.3. The molecule has 20 heavy (non-hydrogen) atoms. The van der Waals surface area contributed by atoms with Crippen molar-refractivity contribution in [1.29, 1.82) is 0 Å². The molecule has 4 heteroatoms. The van der Waals surface area contributed by atoms with Gasteiger partial charge in [-0.25, -0.2) is 4.39 Å². The smallest absolute Gasteiger partial charge is 0.125 e. The van der Waals surface area contributed by atoms with Gasteiger partial charge in [-0.2, -0.15) is 0 Å². The van der Waals surface area contributed by atoms with E-state index in [2.05, 4.69) is 34.9 Å². The first-order chi connectivity index (χ1) is 9.78. The predicted molar refractivity (Wildman–Crippen MR) is 82.7 cm³/mol. The normalized spacial score (nSPS) is 16.8. The standard InChI is InChI=1S/C16H17FN2S/c1-18-9-11-4-2-3-5-15(11)20-16-10-19-14-8-12(17)6-7-13(14)16/h2-8,16,18-19H,9-10H2,1H3. The Morgan fingerprint density at radius 1 is 1.30 bits per heavy atom. The Morgan fingerprint density at radius 3 is 3.00 bits per heavy atom. The van der Waals surface area contributed by atoms with E-state index in [1.54, 1.807) is 12.1 Å². The first kappa shape index (κ1) is 13.5. The van der Waals surface area contributed by atoms with Crippen molar-refractivity contribution in [2.24, 2.45) is 0 Å². The van der Waals surface area contributed by atoms with Gasteiger partial charge in [0.25, 0.3) is 0 Å². The highest BCUT2D eigenvalue weighted by Gasteiger charge is 2.24. The third kappa shape index (κ3) is 2.67. The van der Waals surface area contributed by atoms with Crippen LogP contribution in [0.25, 0.3) is 0 Å². The maximum Gasteiger partial charge on any atom is 0.125 e. The summed E-state index contributed by atoms with van der Waals surface area (Å²) in [5.41, 5.74) is 3.42. The lowest BCUT2D eigenvalue weighted by molar-refractivity contribution is 0.628. The summed E-state index contributed by atoms with van der Waals surface area (Å²) in [6.07, 6.45) is 0. The van der Waals surface area contributed by atoms with E-state index < -0.39 is 0 Å². The van der Waals surface area contributed by atoms with E-state index in [1.165, 1.54) is 16.0 Å². The summed E-state index contributed by atoms with van der Waals surface area (Å²) in [6, 6.07) is 13.4. The van der Waals surface area contributed by atoms with Gasteiger partial charge in [0.05, 0.1) is 5.25 Å². The minimum atomic E-state index is -0.183. The van der Waals surface area contributed by atoms with E-state index in [9.17, 15) is 4.39 Å². The fraction of sp³-hybridized carbons (Fsp3) is 0.250. The Labute approximate surface area is 122 Å². The van der Waals surface area contributed by atoms with E-state index in [4.69, 9.17) is 0 Å². The van der Waals surface area contributed by atoms with Crippen LogP contribution in [0.3, 0.4) is 0 Å². The van der Waals surface area contributed by atoms with Gasteiger partial charge in [0.2, 0.25) is 0 Å². The van der Waals surface area contributed by atoms with Gasteiger partial charge in [-0.05, 0) is 36.4 Å². The lowest BCUT2D eigenvalue weighted by atomic mass is 10.1. The number of benzene rings is 2. The second kappa shape index (κ2) is 5.85. The second-order valence-electron chi connectivity index (χ2n) is 4.86. The molecule has 3 rings (SSSR count). The Hall–Kier alpha value is -1.52. The van der Waals surface area contributed by atoms with Crippen LogP contribution < -0.4 is 10.6 Å². The SMILES string of the molecule is CNCc1ccccc1SC1CNc2cc(F)ccc21. The molecular formula is C16H17FN2S. The van der Waals surface area contributed by atoms with Gasteiger partial charge in [-0.3, -0.25) is 0 Å². The molecule has 2 aromatic carbocycles. The number of rotatable bonds is 4. The first-order valence-electron chi connectivity index (χ1n) is 6.70. The van der Waals surface area contributed by atoms with Crippen molar-refractivity contribution in [3.8, 4) is 0 Å². The van der Waals surface area contributed by atoms with Gasteiger partial charge in [0.15, 0.2) is 0 Å². The molecule has 104 valence electrons. The van der Waals surface area contributed by atoms with Crippen LogP contribution in [0.15, 0.2) is 47.4 Å². The van der Waals surface area contributed by atoms with Crippen molar-refractivity contribution >= 4 is 17.4 Å². The molecule has 1 heterocycles. The molecule has 0 saturated heterocycles. The lowest BCUT2D eigenvalue weighted by Crippen LogP contribution is -2.06. The molecule has 1 atom stereocenters. The summed E-state index contributed by atoms with van der Waals surface area (Å²) in [4.78, 5) is 1.28. The molecule has 1 aliphatic rings. The van der Waals surface area contributed by atoms with Gasteiger partial charge in [0, 0.05) is 23.7 Å². The first-order valence-corrected chi connectivity index (χ1v) is 7.58. The highest BCUT2D eigenvalue weighted by atomic mass is 32.2. The van der Waals surface area contributed by atoms with Crippen LogP contribution in [0.4, 0.5) is 10.1 Å². The van der Waals surface area contributed by atoms with Gasteiger partial charge >= 0.3 is 0 Å². The van der Waals surface area contributed by atoms with Crippen molar-refractivity contribution in [3.63, 3.8) is 0 Å². The highest BCUT2D eigenvalue weighted by molar-refractivity contribution is 7.99. The molecule has 0 bridgehead atoms. The molecule has 0 radical (unpaired) electrons. The molecule has 0 spiro atoms. The van der Waals surface area contributed by atoms with Crippen LogP contribution in [0.5, 0.6) is 0 Å². The predicted octanol–water partition coefficient (Wildman–Crippen LogP) is 3.80. The number of thioether (sulfide) groups is 1. The Bertz CT molecular complexity index is 615. The molecule has 2 aromatic rings. The zero-order valence-corrected chi connectivity index (χ0v) is 12.1. The van der Waals surface area contributed by atoms with Crippen LogP contribution in [-0.2, 0) is 6.54 Å². The summed E-state index contributed by atoms with van der Waals surface area (Å²) in [7, 11) is 1.96. The highest BCUT2D eigenvalue weighted by Crippen LogP contribution is 2.43. The minimum absolute atomic E-state index is 0.183. The third-order valence-corrected chi connectivity index (χ3v) is 4.81. The number of nitrogens with one attached hydrogen (secondary N) is 2. The number of halogens is 1. The van der Waals surface area contributed by atoms with E-state index >= 15 is 0 Å². The number of anilines is 1. The van der Waals surface area contributed by atoms with E-state index in [0.29, 0.717) is 5.25 Å². The largest absolute Gasteiger partial charge is 0.383 e. The van der Waals surface area contributed by atoms with Crippen molar-refractivity contribution in [3.05, 3.63) is 59.4 Å². The van der Waals surface area contributed by atoms with Gasteiger partial charge in [0.1, 0.15) is 5.82 Å². The van der Waals surface area contributed by atoms with E-state index in [1.807, 2.05) is 24.9 Å². The summed E-state index contributed by atoms with van der Waals surface area (Å²) < 4.78 is 13.2. The Morgan fingerprint density at radius 2 is 2.15 bits per heavy atom. The van der Waals surface area contributed by atoms with Gasteiger partial charge in [-0.1, -0.05) is 24.3 Å². The third-order valence-electron chi connectivity index (χ3n) is 3.45. The molecule has 1 unspecified atom stereocenters. The maximum absolute atomic E-state index is 13.2. The second-order valence-corrected chi connectivity index (χ2v) is 6.10. The van der Waals surface area contributed by atoms with Crippen LogP contribution in [-0.4, -0.2) is 13.6 Å². The summed E-state index contributed by atoms with van der Waals surface area (Å²) in [5, 5.41) is 6.82. The zero-order chi connectivity index (χ0) is 13.9. The topological polar surface area (TPSA) is 24.1 Å². The molecule has 0 saturated carbocycles. The average Bonchev–Trinajstić information content (AvgIpc) is 2.83. The molecule has 2 N–H and O–H groups in total. The average molecular weight is 288 g/mol. The number of hydrogen-bond acceptors (Lipinski definition) is 3. The molecular weight excluding hydrogens is 271 g/mol. The monoisotopic (exact) mass is 288 g/mol. The summed E-state index contributed by atoms with van der Waals surface area (Å²) >= 11 is 1.84. The molecule has 0 aromatic heterocycles. The summed E-state index contributed by atoms with van der Waals surface area (Å²) in [6.45, 7) is 1.71. The minimum Gasteiger partial charge on any atom is -0.383 e. The molecule has 1 aliphatic heterocycles. The van der Waals surface area contributed by atoms with Gasteiger partial charge < -0.3 is 10.6 Å². The molecule has 0 fully saturated rings. The maximum atomic E-state index is 13.2. The fourth-order valence-electron chi connectivity index (χ4n) is 2.49. The Kier molecular flexibility index (Phi) is 3.94. The molecule has 0 aliphatic carbocycles. The molecule has 2 nitrogen and oxygen atoms in total. The van der Waals surface area contributed by atoms with E-state index in [-0.39, 0.29) is 5.82 Å². The Balaban J connectivity index is 1.84. The quantitative estimate of drug-likeness (QED) is 0.894. The van der Waals surface area contributed by atoms with Crippen molar-refractivity contribution < 1.29 is 4.39 Å². The van der Waals surface area contributed by atoms with Crippen molar-refractivity contribution in [2.75, 3.05) is 18.9 Å². The van der Waals surface area contributed by atoms with Crippen molar-refractivity contribution in [1.82, 2.24) is 5.32 Å². The summed E-state index contributed by atoms with van der Waals surface area (Å²) in [5.74, 6) is -0.183.